The van der Waals surface area contributed by atoms with Crippen molar-refractivity contribution < 1.29 is 9.53 Å². The van der Waals surface area contributed by atoms with Crippen LogP contribution in [-0.2, 0) is 4.74 Å². The van der Waals surface area contributed by atoms with E-state index in [0.29, 0.717) is 28.8 Å². The zero-order valence-corrected chi connectivity index (χ0v) is 15.3. The van der Waals surface area contributed by atoms with E-state index in [0.717, 1.165) is 19.6 Å². The lowest BCUT2D eigenvalue weighted by Gasteiger charge is -2.33. The summed E-state index contributed by atoms with van der Waals surface area (Å²) in [5, 5.41) is 3.75. The third-order valence-electron chi connectivity index (χ3n) is 4.22. The van der Waals surface area contributed by atoms with Gasteiger partial charge in [-0.25, -0.2) is 0 Å². The lowest BCUT2D eigenvalue weighted by Crippen LogP contribution is -2.42. The summed E-state index contributed by atoms with van der Waals surface area (Å²) in [5.74, 6) is -0.147. The normalized spacial score (nSPS) is 18.1. The van der Waals surface area contributed by atoms with Crippen LogP contribution in [0.2, 0.25) is 10.0 Å². The van der Waals surface area contributed by atoms with Gasteiger partial charge in [0.15, 0.2) is 0 Å². The summed E-state index contributed by atoms with van der Waals surface area (Å²) >= 11 is 11.8. The minimum absolute atomic E-state index is 0.0840. The van der Waals surface area contributed by atoms with Gasteiger partial charge in [0, 0.05) is 31.7 Å². The van der Waals surface area contributed by atoms with Gasteiger partial charge < -0.3 is 10.1 Å². The molecule has 0 saturated carbocycles. The number of nitrogens with one attached hydrogen (secondary N) is 1. The van der Waals surface area contributed by atoms with E-state index >= 15 is 0 Å². The average Bonchev–Trinajstić information content (AvgIpc) is 2.65. The lowest BCUT2D eigenvalue weighted by molar-refractivity contribution is -0.0293. The molecule has 6 heteroatoms. The van der Waals surface area contributed by atoms with E-state index in [-0.39, 0.29) is 12.0 Å². The van der Waals surface area contributed by atoms with Gasteiger partial charge in [-0.05, 0) is 23.8 Å². The van der Waals surface area contributed by atoms with Gasteiger partial charge in [-0.3, -0.25) is 9.69 Å². The van der Waals surface area contributed by atoms with E-state index in [1.807, 2.05) is 18.2 Å². The number of carbonyl (C=O) groups is 1. The molecular weight excluding hydrogens is 359 g/mol. The second kappa shape index (κ2) is 8.68. The van der Waals surface area contributed by atoms with Crippen molar-refractivity contribution in [2.75, 3.05) is 32.8 Å². The van der Waals surface area contributed by atoms with Crippen LogP contribution in [0.15, 0.2) is 48.5 Å². The van der Waals surface area contributed by atoms with Crippen LogP contribution < -0.4 is 5.32 Å². The smallest absolute Gasteiger partial charge is 0.251 e. The highest BCUT2D eigenvalue weighted by molar-refractivity contribution is 6.42. The van der Waals surface area contributed by atoms with Crippen molar-refractivity contribution in [3.05, 3.63) is 69.7 Å². The molecular formula is C19H20Cl2N2O2. The predicted molar refractivity (Wildman–Crippen MR) is 100 cm³/mol. The highest BCUT2D eigenvalue weighted by Gasteiger charge is 2.21. The molecule has 1 amide bonds. The molecule has 1 aliphatic rings. The Morgan fingerprint density at radius 2 is 1.96 bits per heavy atom. The zero-order chi connectivity index (χ0) is 17.6. The molecule has 2 aromatic carbocycles. The van der Waals surface area contributed by atoms with Gasteiger partial charge >= 0.3 is 0 Å². The fourth-order valence-electron chi connectivity index (χ4n) is 2.84. The highest BCUT2D eigenvalue weighted by atomic mass is 35.5. The molecule has 1 N–H and O–H groups in total. The number of amides is 1. The number of ether oxygens (including phenoxy) is 1. The molecule has 3 rings (SSSR count). The lowest BCUT2D eigenvalue weighted by atomic mass is 10.1. The Balaban J connectivity index is 1.48. The third-order valence-corrected chi connectivity index (χ3v) is 4.96. The fraction of sp³-hybridized carbons (Fsp3) is 0.316. The SMILES string of the molecule is O=C(NCCN1CCO[C@@H](c2ccccc2)C1)c1ccc(Cl)c(Cl)c1. The molecule has 4 nitrogen and oxygen atoms in total. The third kappa shape index (κ3) is 4.95. The van der Waals surface area contributed by atoms with E-state index in [2.05, 4.69) is 22.3 Å². The molecule has 1 saturated heterocycles. The molecule has 1 aliphatic heterocycles. The molecule has 0 unspecified atom stereocenters. The van der Waals surface area contributed by atoms with Crippen LogP contribution in [0, 0.1) is 0 Å². The summed E-state index contributed by atoms with van der Waals surface area (Å²) in [6.07, 6.45) is 0.0840. The molecule has 132 valence electrons. The summed E-state index contributed by atoms with van der Waals surface area (Å²) in [4.78, 5) is 14.5. The number of benzene rings is 2. The van der Waals surface area contributed by atoms with E-state index < -0.39 is 0 Å². The van der Waals surface area contributed by atoms with E-state index in [1.54, 1.807) is 18.2 Å². The Labute approximate surface area is 157 Å². The van der Waals surface area contributed by atoms with Gasteiger partial charge in [0.2, 0.25) is 0 Å². The second-order valence-corrected chi connectivity index (χ2v) is 6.77. The minimum atomic E-state index is -0.147. The number of morpholine rings is 1. The molecule has 25 heavy (non-hydrogen) atoms. The molecule has 0 aromatic heterocycles. The van der Waals surface area contributed by atoms with Crippen LogP contribution in [0.1, 0.15) is 22.0 Å². The molecule has 0 bridgehead atoms. The van der Waals surface area contributed by atoms with Gasteiger partial charge in [0.05, 0.1) is 22.8 Å². The number of hydrogen-bond acceptors (Lipinski definition) is 3. The first-order valence-corrected chi connectivity index (χ1v) is 9.01. The summed E-state index contributed by atoms with van der Waals surface area (Å²) < 4.78 is 5.86. The monoisotopic (exact) mass is 378 g/mol. The van der Waals surface area contributed by atoms with Gasteiger partial charge in [-0.1, -0.05) is 53.5 Å². The zero-order valence-electron chi connectivity index (χ0n) is 13.8. The Kier molecular flexibility index (Phi) is 6.32. The minimum Gasteiger partial charge on any atom is -0.371 e. The fourth-order valence-corrected chi connectivity index (χ4v) is 3.14. The van der Waals surface area contributed by atoms with Crippen LogP contribution in [-0.4, -0.2) is 43.6 Å². The Morgan fingerprint density at radius 1 is 1.16 bits per heavy atom. The van der Waals surface area contributed by atoms with Gasteiger partial charge in [0.1, 0.15) is 0 Å². The van der Waals surface area contributed by atoms with Crippen LogP contribution in [0.5, 0.6) is 0 Å². The van der Waals surface area contributed by atoms with Crippen LogP contribution in [0.3, 0.4) is 0 Å². The quantitative estimate of drug-likeness (QED) is 0.860. The maximum Gasteiger partial charge on any atom is 0.251 e. The molecule has 1 fully saturated rings. The molecule has 0 aliphatic carbocycles. The van der Waals surface area contributed by atoms with Crippen molar-refractivity contribution in [3.8, 4) is 0 Å². The van der Waals surface area contributed by atoms with Gasteiger partial charge in [0.25, 0.3) is 5.91 Å². The summed E-state index contributed by atoms with van der Waals surface area (Å²) in [5.41, 5.74) is 1.70. The molecule has 1 atom stereocenters. The Morgan fingerprint density at radius 3 is 2.72 bits per heavy atom. The standard InChI is InChI=1S/C19H20Cl2N2O2/c20-16-7-6-15(12-17(16)21)19(24)22-8-9-23-10-11-25-18(13-23)14-4-2-1-3-5-14/h1-7,12,18H,8-11,13H2,(H,22,24)/t18-/m1/s1. The Bertz CT molecular complexity index is 725. The van der Waals surface area contributed by atoms with Crippen molar-refractivity contribution in [3.63, 3.8) is 0 Å². The number of carbonyl (C=O) groups excluding carboxylic acids is 1. The van der Waals surface area contributed by atoms with Gasteiger partial charge in [-0.2, -0.15) is 0 Å². The van der Waals surface area contributed by atoms with Crippen molar-refractivity contribution in [1.82, 2.24) is 10.2 Å². The van der Waals surface area contributed by atoms with Crippen LogP contribution in [0.25, 0.3) is 0 Å². The van der Waals surface area contributed by atoms with Gasteiger partial charge in [-0.15, -0.1) is 0 Å². The first-order valence-electron chi connectivity index (χ1n) is 8.25. The summed E-state index contributed by atoms with van der Waals surface area (Å²) in [6.45, 7) is 3.74. The molecule has 0 spiro atoms. The number of rotatable bonds is 5. The van der Waals surface area contributed by atoms with Crippen LogP contribution >= 0.6 is 23.2 Å². The largest absolute Gasteiger partial charge is 0.371 e. The topological polar surface area (TPSA) is 41.6 Å². The maximum absolute atomic E-state index is 12.2. The predicted octanol–water partition coefficient (Wildman–Crippen LogP) is 3.80. The number of nitrogens with zero attached hydrogens (tertiary/aromatic N) is 1. The molecule has 0 radical (unpaired) electrons. The number of hydrogen-bond donors (Lipinski definition) is 1. The highest BCUT2D eigenvalue weighted by Crippen LogP contribution is 2.23. The second-order valence-electron chi connectivity index (χ2n) is 5.96. The first kappa shape index (κ1) is 18.2. The molecule has 1 heterocycles. The van der Waals surface area contributed by atoms with Crippen molar-refractivity contribution in [2.24, 2.45) is 0 Å². The van der Waals surface area contributed by atoms with E-state index in [9.17, 15) is 4.79 Å². The van der Waals surface area contributed by atoms with E-state index in [1.165, 1.54) is 5.56 Å². The van der Waals surface area contributed by atoms with E-state index in [4.69, 9.17) is 27.9 Å². The average molecular weight is 379 g/mol. The summed E-state index contributed by atoms with van der Waals surface area (Å²) in [6, 6.07) is 15.1. The summed E-state index contributed by atoms with van der Waals surface area (Å²) in [7, 11) is 0. The first-order chi connectivity index (χ1) is 12.1. The van der Waals surface area contributed by atoms with Crippen LogP contribution in [0.4, 0.5) is 0 Å². The number of halogens is 2. The Hall–Kier alpha value is -1.59. The molecule has 2 aromatic rings. The maximum atomic E-state index is 12.2. The van der Waals surface area contributed by atoms with Crippen molar-refractivity contribution in [2.45, 2.75) is 6.10 Å². The van der Waals surface area contributed by atoms with Crippen molar-refractivity contribution in [1.29, 1.82) is 0 Å². The van der Waals surface area contributed by atoms with Crippen molar-refractivity contribution >= 4 is 29.1 Å².